The highest BCUT2D eigenvalue weighted by Crippen LogP contribution is 2.38. The van der Waals surface area contributed by atoms with Crippen LogP contribution in [0, 0.1) is 10.8 Å². The highest BCUT2D eigenvalue weighted by atomic mass is 16.6. The molecule has 0 heterocycles. The van der Waals surface area contributed by atoms with Crippen LogP contribution >= 0.6 is 0 Å². The molecule has 0 aromatic carbocycles. The average molecular weight is 360 g/mol. The summed E-state index contributed by atoms with van der Waals surface area (Å²) in [4.78, 5) is 22.1. The Hall–Kier alpha value is -1.18. The average Bonchev–Trinajstić information content (AvgIpc) is 2.37. The molecular formula is C18H32O7-2. The number of carboxylic acids is 2. The van der Waals surface area contributed by atoms with Gasteiger partial charge in [0.1, 0.15) is 5.60 Å². The monoisotopic (exact) mass is 360 g/mol. The number of carbonyl (C=O) groups excluding carboxylic acids is 2. The van der Waals surface area contributed by atoms with Crippen molar-refractivity contribution in [2.75, 3.05) is 33.0 Å². The van der Waals surface area contributed by atoms with Crippen LogP contribution in [0.1, 0.15) is 54.4 Å². The molecule has 0 N–H and O–H groups in total. The van der Waals surface area contributed by atoms with Crippen LogP contribution < -0.4 is 10.2 Å². The fourth-order valence-corrected chi connectivity index (χ4v) is 2.75. The summed E-state index contributed by atoms with van der Waals surface area (Å²) in [5.74, 6) is -2.50. The fourth-order valence-electron chi connectivity index (χ4n) is 2.75. The lowest BCUT2D eigenvalue weighted by molar-refractivity contribution is -0.332. The standard InChI is InChI=1S/C18H34O7/c1-16(2,3)12-18(15(21)22,13-17(4,5)6)25-10-9-23-7-8-24-11-14(19)20/h7-13H2,1-6H3,(H,19,20)(H,21,22)/p-2. The first-order valence-corrected chi connectivity index (χ1v) is 8.48. The van der Waals surface area contributed by atoms with Gasteiger partial charge >= 0.3 is 0 Å². The van der Waals surface area contributed by atoms with E-state index in [2.05, 4.69) is 0 Å². The molecule has 0 rings (SSSR count). The summed E-state index contributed by atoms with van der Waals surface area (Å²) in [6, 6.07) is 0. The van der Waals surface area contributed by atoms with E-state index in [1.54, 1.807) is 0 Å². The Balaban J connectivity index is 4.58. The van der Waals surface area contributed by atoms with Gasteiger partial charge in [0.25, 0.3) is 0 Å². The molecule has 0 aromatic heterocycles. The van der Waals surface area contributed by atoms with Crippen LogP contribution in [0.15, 0.2) is 0 Å². The van der Waals surface area contributed by atoms with Crippen LogP contribution in [0.4, 0.5) is 0 Å². The first-order chi connectivity index (χ1) is 11.3. The van der Waals surface area contributed by atoms with Crippen molar-refractivity contribution in [1.29, 1.82) is 0 Å². The number of hydrogen-bond acceptors (Lipinski definition) is 7. The third-order valence-corrected chi connectivity index (χ3v) is 3.20. The highest BCUT2D eigenvalue weighted by Gasteiger charge is 2.40. The molecule has 0 spiro atoms. The van der Waals surface area contributed by atoms with Gasteiger partial charge in [0, 0.05) is 0 Å². The molecule has 0 aliphatic heterocycles. The Labute approximate surface area is 150 Å². The number of carboxylic acid groups (broad SMARTS) is 2. The zero-order chi connectivity index (χ0) is 19.7. The molecule has 0 bridgehead atoms. The zero-order valence-electron chi connectivity index (χ0n) is 16.3. The second-order valence-corrected chi connectivity index (χ2v) is 8.64. The number of aliphatic carboxylic acids is 2. The van der Waals surface area contributed by atoms with Crippen LogP contribution in [-0.4, -0.2) is 50.6 Å². The minimum Gasteiger partial charge on any atom is -0.548 e. The molecular weight excluding hydrogens is 328 g/mol. The molecule has 0 aliphatic rings. The van der Waals surface area contributed by atoms with Gasteiger partial charge in [-0.3, -0.25) is 0 Å². The lowest BCUT2D eigenvalue weighted by Gasteiger charge is -2.43. The normalized spacial score (nSPS) is 13.0. The topological polar surface area (TPSA) is 108 Å². The van der Waals surface area contributed by atoms with Gasteiger partial charge in [-0.05, 0) is 23.7 Å². The Morgan fingerprint density at radius 2 is 1.20 bits per heavy atom. The fraction of sp³-hybridized carbons (Fsp3) is 0.889. The van der Waals surface area contributed by atoms with Gasteiger partial charge in [-0.25, -0.2) is 0 Å². The predicted octanol–water partition coefficient (Wildman–Crippen LogP) is 0.147. The highest BCUT2D eigenvalue weighted by molar-refractivity contribution is 5.75. The van der Waals surface area contributed by atoms with Crippen LogP contribution in [0.2, 0.25) is 0 Å². The first kappa shape index (κ1) is 23.8. The lowest BCUT2D eigenvalue weighted by Crippen LogP contribution is -2.54. The van der Waals surface area contributed by atoms with Crippen molar-refractivity contribution in [1.82, 2.24) is 0 Å². The van der Waals surface area contributed by atoms with Gasteiger partial charge in [0.05, 0.1) is 45.0 Å². The Morgan fingerprint density at radius 3 is 1.60 bits per heavy atom. The molecule has 7 nitrogen and oxygen atoms in total. The van der Waals surface area contributed by atoms with Gasteiger partial charge in [-0.2, -0.15) is 0 Å². The molecule has 25 heavy (non-hydrogen) atoms. The maximum Gasteiger partial charge on any atom is 0.108 e. The Morgan fingerprint density at radius 1 is 0.760 bits per heavy atom. The summed E-state index contributed by atoms with van der Waals surface area (Å²) in [6.45, 7) is 11.9. The predicted molar refractivity (Wildman–Crippen MR) is 88.5 cm³/mol. The van der Waals surface area contributed by atoms with Crippen molar-refractivity contribution >= 4 is 11.9 Å². The van der Waals surface area contributed by atoms with Crippen LogP contribution in [0.3, 0.4) is 0 Å². The molecule has 0 saturated heterocycles. The van der Waals surface area contributed by atoms with Crippen LogP contribution in [0.5, 0.6) is 0 Å². The summed E-state index contributed by atoms with van der Waals surface area (Å²) in [7, 11) is 0. The number of rotatable bonds is 12. The van der Waals surface area contributed by atoms with E-state index >= 15 is 0 Å². The molecule has 0 aromatic rings. The van der Waals surface area contributed by atoms with Crippen molar-refractivity contribution in [3.05, 3.63) is 0 Å². The molecule has 0 saturated carbocycles. The van der Waals surface area contributed by atoms with E-state index in [0.29, 0.717) is 12.8 Å². The lowest BCUT2D eigenvalue weighted by atomic mass is 9.73. The maximum atomic E-state index is 11.9. The SMILES string of the molecule is CC(C)(C)CC(CC(C)(C)C)(OCCOCCOCC(=O)[O-])C(=O)[O-]. The van der Waals surface area contributed by atoms with E-state index in [-0.39, 0.29) is 37.3 Å². The van der Waals surface area contributed by atoms with Gasteiger partial charge in [-0.15, -0.1) is 0 Å². The van der Waals surface area contributed by atoms with Crippen molar-refractivity contribution < 1.29 is 34.0 Å². The molecule has 0 radical (unpaired) electrons. The largest absolute Gasteiger partial charge is 0.548 e. The van der Waals surface area contributed by atoms with Crippen LogP contribution in [-0.2, 0) is 23.8 Å². The molecule has 0 amide bonds. The van der Waals surface area contributed by atoms with E-state index in [1.165, 1.54) is 0 Å². The number of carbonyl (C=O) groups is 2. The van der Waals surface area contributed by atoms with Gasteiger partial charge < -0.3 is 34.0 Å². The van der Waals surface area contributed by atoms with Crippen molar-refractivity contribution in [2.24, 2.45) is 10.8 Å². The summed E-state index contributed by atoms with van der Waals surface area (Å²) >= 11 is 0. The minimum absolute atomic E-state index is 0.0978. The number of ether oxygens (including phenoxy) is 3. The summed E-state index contributed by atoms with van der Waals surface area (Å²) in [6.07, 6.45) is 0.655. The second-order valence-electron chi connectivity index (χ2n) is 8.64. The molecule has 0 fully saturated rings. The quantitative estimate of drug-likeness (QED) is 0.456. The van der Waals surface area contributed by atoms with Gasteiger partial charge in [-0.1, -0.05) is 41.5 Å². The van der Waals surface area contributed by atoms with E-state index in [0.717, 1.165) is 0 Å². The third kappa shape index (κ3) is 11.9. The van der Waals surface area contributed by atoms with Gasteiger partial charge in [0.15, 0.2) is 0 Å². The third-order valence-electron chi connectivity index (χ3n) is 3.20. The number of hydrogen-bond donors (Lipinski definition) is 0. The summed E-state index contributed by atoms with van der Waals surface area (Å²) < 4.78 is 15.8. The minimum atomic E-state index is -1.38. The van der Waals surface area contributed by atoms with Crippen LogP contribution in [0.25, 0.3) is 0 Å². The van der Waals surface area contributed by atoms with E-state index in [1.807, 2.05) is 41.5 Å². The summed E-state index contributed by atoms with van der Waals surface area (Å²) in [5.41, 5.74) is -1.87. The van der Waals surface area contributed by atoms with Gasteiger partial charge in [0.2, 0.25) is 0 Å². The smallest absolute Gasteiger partial charge is 0.108 e. The van der Waals surface area contributed by atoms with Crippen molar-refractivity contribution in [3.63, 3.8) is 0 Å². The first-order valence-electron chi connectivity index (χ1n) is 8.48. The second kappa shape index (κ2) is 10.1. The maximum absolute atomic E-state index is 11.9. The molecule has 0 atom stereocenters. The van der Waals surface area contributed by atoms with E-state index in [9.17, 15) is 19.8 Å². The molecule has 0 aliphatic carbocycles. The molecule has 7 heteroatoms. The summed E-state index contributed by atoms with van der Waals surface area (Å²) in [5, 5.41) is 22.1. The molecule has 0 unspecified atom stereocenters. The van der Waals surface area contributed by atoms with E-state index < -0.39 is 24.1 Å². The van der Waals surface area contributed by atoms with E-state index in [4.69, 9.17) is 14.2 Å². The zero-order valence-corrected chi connectivity index (χ0v) is 16.3. The molecule has 148 valence electrons. The Kier molecular flexibility index (Phi) is 9.61. The van der Waals surface area contributed by atoms with Crippen molar-refractivity contribution in [3.8, 4) is 0 Å². The van der Waals surface area contributed by atoms with Crippen molar-refractivity contribution in [2.45, 2.75) is 60.0 Å². The Bertz CT molecular complexity index is 402.